The van der Waals surface area contributed by atoms with Gasteiger partial charge in [0.1, 0.15) is 0 Å². The monoisotopic (exact) mass is 386 g/mol. The van der Waals surface area contributed by atoms with Gasteiger partial charge in [-0.15, -0.1) is 0 Å². The predicted octanol–water partition coefficient (Wildman–Crippen LogP) is 4.51. The van der Waals surface area contributed by atoms with E-state index >= 15 is 0 Å². The van der Waals surface area contributed by atoms with E-state index in [2.05, 4.69) is 39.2 Å². The van der Waals surface area contributed by atoms with Crippen molar-refractivity contribution in [2.24, 2.45) is 0 Å². The number of hydrogen-bond donors (Lipinski definition) is 1. The molecule has 0 bridgehead atoms. The number of hydrogen-bond acceptors (Lipinski definition) is 3. The smallest absolute Gasteiger partial charge is 0.369 e. The lowest BCUT2D eigenvalue weighted by Gasteiger charge is -2.34. The molecule has 1 N–H and O–H groups in total. The molecule has 0 aliphatic carbocycles. The molecular formula is C21H21F3N4. The van der Waals surface area contributed by atoms with E-state index in [0.29, 0.717) is 11.3 Å². The number of nitrogens with one attached hydrogen (secondary N) is 1. The maximum Gasteiger partial charge on any atom is 0.416 e. The number of anilines is 1. The SMILES string of the molecule is CN1CCN(c2ccc(-c3cc(-c4ccc(C(F)(F)F)cc4)[nH]n3)cc2)CC1. The summed E-state index contributed by atoms with van der Waals surface area (Å²) in [6.07, 6.45) is -4.33. The minimum Gasteiger partial charge on any atom is -0.369 e. The van der Waals surface area contributed by atoms with Crippen molar-refractivity contribution in [1.29, 1.82) is 0 Å². The highest BCUT2D eigenvalue weighted by Crippen LogP contribution is 2.31. The average molecular weight is 386 g/mol. The predicted molar refractivity (Wildman–Crippen MR) is 104 cm³/mol. The van der Waals surface area contributed by atoms with Crippen LogP contribution in [0.15, 0.2) is 54.6 Å². The maximum atomic E-state index is 12.7. The second-order valence-corrected chi connectivity index (χ2v) is 7.08. The zero-order valence-corrected chi connectivity index (χ0v) is 15.5. The van der Waals surface area contributed by atoms with Crippen LogP contribution >= 0.6 is 0 Å². The van der Waals surface area contributed by atoms with Crippen LogP contribution in [0.5, 0.6) is 0 Å². The number of rotatable bonds is 3. The fourth-order valence-electron chi connectivity index (χ4n) is 3.36. The Kier molecular flexibility index (Phi) is 4.85. The summed E-state index contributed by atoms with van der Waals surface area (Å²) in [6, 6.07) is 15.2. The van der Waals surface area contributed by atoms with Gasteiger partial charge in [-0.2, -0.15) is 18.3 Å². The largest absolute Gasteiger partial charge is 0.416 e. The molecule has 3 aromatic rings. The minimum absolute atomic E-state index is 0.657. The molecule has 0 spiro atoms. The molecule has 7 heteroatoms. The van der Waals surface area contributed by atoms with Crippen molar-refractivity contribution in [3.05, 3.63) is 60.2 Å². The van der Waals surface area contributed by atoms with Crippen LogP contribution in [-0.2, 0) is 6.18 Å². The van der Waals surface area contributed by atoms with Gasteiger partial charge in [-0.05, 0) is 42.9 Å². The first-order chi connectivity index (χ1) is 13.4. The van der Waals surface area contributed by atoms with Crippen molar-refractivity contribution in [1.82, 2.24) is 15.1 Å². The molecule has 146 valence electrons. The third-order valence-electron chi connectivity index (χ3n) is 5.13. The molecule has 0 unspecified atom stereocenters. The first kappa shape index (κ1) is 18.6. The van der Waals surface area contributed by atoms with Gasteiger partial charge in [0.05, 0.1) is 17.0 Å². The Balaban J connectivity index is 1.49. The number of piperazine rings is 1. The minimum atomic E-state index is -4.33. The molecule has 4 rings (SSSR count). The van der Waals surface area contributed by atoms with Gasteiger partial charge < -0.3 is 9.80 Å². The molecule has 0 atom stereocenters. The van der Waals surface area contributed by atoms with E-state index < -0.39 is 11.7 Å². The summed E-state index contributed by atoms with van der Waals surface area (Å²) in [5.74, 6) is 0. The molecular weight excluding hydrogens is 365 g/mol. The molecule has 2 aromatic carbocycles. The fraction of sp³-hybridized carbons (Fsp3) is 0.286. The summed E-state index contributed by atoms with van der Waals surface area (Å²) in [5.41, 5.74) is 3.62. The van der Waals surface area contributed by atoms with Gasteiger partial charge >= 0.3 is 6.18 Å². The average Bonchev–Trinajstić information content (AvgIpc) is 3.18. The van der Waals surface area contributed by atoms with Gasteiger partial charge in [0.15, 0.2) is 0 Å². The molecule has 0 saturated carbocycles. The fourth-order valence-corrected chi connectivity index (χ4v) is 3.36. The summed E-state index contributed by atoms with van der Waals surface area (Å²) in [6.45, 7) is 4.13. The molecule has 0 radical (unpaired) electrons. The molecule has 1 fully saturated rings. The van der Waals surface area contributed by atoms with Crippen molar-refractivity contribution < 1.29 is 13.2 Å². The third-order valence-corrected chi connectivity index (χ3v) is 5.13. The van der Waals surface area contributed by atoms with Crippen LogP contribution in [0.1, 0.15) is 5.56 Å². The first-order valence-corrected chi connectivity index (χ1v) is 9.17. The van der Waals surface area contributed by atoms with Gasteiger partial charge in [0.25, 0.3) is 0 Å². The van der Waals surface area contributed by atoms with E-state index in [4.69, 9.17) is 0 Å². The molecule has 1 aliphatic heterocycles. The second-order valence-electron chi connectivity index (χ2n) is 7.08. The van der Waals surface area contributed by atoms with Crippen molar-refractivity contribution in [2.45, 2.75) is 6.18 Å². The van der Waals surface area contributed by atoms with Crippen LogP contribution in [0.25, 0.3) is 22.5 Å². The third kappa shape index (κ3) is 3.89. The summed E-state index contributed by atoms with van der Waals surface area (Å²) in [4.78, 5) is 4.68. The molecule has 1 aromatic heterocycles. The van der Waals surface area contributed by atoms with Crippen LogP contribution < -0.4 is 4.90 Å². The highest BCUT2D eigenvalue weighted by Gasteiger charge is 2.30. The number of halogens is 3. The molecule has 1 aliphatic rings. The van der Waals surface area contributed by atoms with Crippen molar-refractivity contribution in [3.63, 3.8) is 0 Å². The van der Waals surface area contributed by atoms with Gasteiger partial charge in [-0.25, -0.2) is 0 Å². The molecule has 2 heterocycles. The van der Waals surface area contributed by atoms with E-state index in [-0.39, 0.29) is 0 Å². The topological polar surface area (TPSA) is 35.2 Å². The lowest BCUT2D eigenvalue weighted by atomic mass is 10.1. The molecule has 4 nitrogen and oxygen atoms in total. The van der Waals surface area contributed by atoms with Crippen LogP contribution in [0.4, 0.5) is 18.9 Å². The Labute approximate surface area is 161 Å². The highest BCUT2D eigenvalue weighted by atomic mass is 19.4. The summed E-state index contributed by atoms with van der Waals surface area (Å²) in [5, 5.41) is 7.23. The van der Waals surface area contributed by atoms with Crippen LogP contribution in [0, 0.1) is 0 Å². The Morgan fingerprint density at radius 2 is 1.46 bits per heavy atom. The lowest BCUT2D eigenvalue weighted by Crippen LogP contribution is -2.44. The van der Waals surface area contributed by atoms with E-state index in [9.17, 15) is 13.2 Å². The first-order valence-electron chi connectivity index (χ1n) is 9.17. The maximum absolute atomic E-state index is 12.7. The number of H-pyrrole nitrogens is 1. The standard InChI is InChI=1S/C21H21F3N4/c1-27-10-12-28(13-11-27)18-8-4-16(5-9-18)20-14-19(25-26-20)15-2-6-17(7-3-15)21(22,23)24/h2-9,14H,10-13H2,1H3,(H,25,26). The van der Waals surface area contributed by atoms with Gasteiger partial charge in [0.2, 0.25) is 0 Å². The highest BCUT2D eigenvalue weighted by molar-refractivity contribution is 5.69. The summed E-state index contributed by atoms with van der Waals surface area (Å²) >= 11 is 0. The zero-order chi connectivity index (χ0) is 19.7. The van der Waals surface area contributed by atoms with Gasteiger partial charge in [-0.3, -0.25) is 5.10 Å². The van der Waals surface area contributed by atoms with E-state index in [0.717, 1.165) is 49.6 Å². The summed E-state index contributed by atoms with van der Waals surface area (Å²) in [7, 11) is 2.13. The molecule has 1 saturated heterocycles. The molecule has 28 heavy (non-hydrogen) atoms. The van der Waals surface area contributed by atoms with Crippen LogP contribution in [0.3, 0.4) is 0 Å². The Bertz CT molecular complexity index is 922. The van der Waals surface area contributed by atoms with E-state index in [1.54, 1.807) is 0 Å². The number of likely N-dealkylation sites (N-methyl/N-ethyl adjacent to an activating group) is 1. The Hall–Kier alpha value is -2.80. The van der Waals surface area contributed by atoms with E-state index in [1.807, 2.05) is 18.2 Å². The summed E-state index contributed by atoms with van der Waals surface area (Å²) < 4.78 is 38.1. The van der Waals surface area contributed by atoms with Crippen molar-refractivity contribution in [3.8, 4) is 22.5 Å². The van der Waals surface area contributed by atoms with E-state index in [1.165, 1.54) is 17.8 Å². The van der Waals surface area contributed by atoms with Gasteiger partial charge in [-0.1, -0.05) is 24.3 Å². The number of nitrogens with zero attached hydrogens (tertiary/aromatic N) is 3. The van der Waals surface area contributed by atoms with Crippen molar-refractivity contribution >= 4 is 5.69 Å². The normalized spacial score (nSPS) is 15.8. The van der Waals surface area contributed by atoms with Crippen molar-refractivity contribution in [2.75, 3.05) is 38.1 Å². The molecule has 0 amide bonds. The number of aromatic amines is 1. The number of benzene rings is 2. The van der Waals surface area contributed by atoms with Gasteiger partial charge in [0, 0.05) is 37.4 Å². The Morgan fingerprint density at radius 3 is 2.07 bits per heavy atom. The lowest BCUT2D eigenvalue weighted by molar-refractivity contribution is -0.137. The second kappa shape index (κ2) is 7.31. The van der Waals surface area contributed by atoms with Crippen LogP contribution in [-0.4, -0.2) is 48.3 Å². The number of aromatic nitrogens is 2. The van der Waals surface area contributed by atoms with Crippen LogP contribution in [0.2, 0.25) is 0 Å². The quantitative estimate of drug-likeness (QED) is 0.719. The zero-order valence-electron chi connectivity index (χ0n) is 15.5. The number of alkyl halides is 3. The Morgan fingerprint density at radius 1 is 0.857 bits per heavy atom.